The molecule has 2 atom stereocenters. The highest BCUT2D eigenvalue weighted by molar-refractivity contribution is 6.42. The number of carboxylic acid groups (broad SMARTS) is 1. The number of hydrogen-bond donors (Lipinski definition) is 4. The van der Waals surface area contributed by atoms with Gasteiger partial charge in [0.15, 0.2) is 6.29 Å². The molecule has 0 bridgehead atoms. The van der Waals surface area contributed by atoms with Crippen molar-refractivity contribution in [1.82, 2.24) is 20.9 Å². The normalized spacial score (nSPS) is 12.4. The highest BCUT2D eigenvalue weighted by atomic mass is 35.5. The minimum atomic E-state index is -1.41. The third kappa shape index (κ3) is 12.6. The second-order valence-electron chi connectivity index (χ2n) is 9.88. The molecule has 12 nitrogen and oxygen atoms in total. The molecule has 44 heavy (non-hydrogen) atoms. The topological polar surface area (TPSA) is 156 Å². The summed E-state index contributed by atoms with van der Waals surface area (Å²) in [6, 6.07) is 10.8. The quantitative estimate of drug-likeness (QED) is 0.185. The molecular formula is C30H40Cl2N4O8. The van der Waals surface area contributed by atoms with Crippen molar-refractivity contribution in [2.45, 2.75) is 65.1 Å². The average molecular weight is 656 g/mol. The highest BCUT2D eigenvalue weighted by Gasteiger charge is 2.33. The maximum absolute atomic E-state index is 14.0. The number of benzene rings is 2. The first-order valence-corrected chi connectivity index (χ1v) is 14.9. The molecule has 2 rings (SSSR count). The molecule has 4 N–H and O–H groups in total. The molecule has 0 aromatic heterocycles. The van der Waals surface area contributed by atoms with Crippen molar-refractivity contribution in [3.8, 4) is 0 Å². The summed E-state index contributed by atoms with van der Waals surface area (Å²) in [5, 5.41) is 16.9. The molecular weight excluding hydrogens is 615 g/mol. The van der Waals surface area contributed by atoms with Gasteiger partial charge in [0.05, 0.1) is 23.1 Å². The lowest BCUT2D eigenvalue weighted by Crippen LogP contribution is -2.59. The number of ether oxygens (including phenoxy) is 3. The Balaban J connectivity index is 2.32. The second kappa shape index (κ2) is 18.9. The summed E-state index contributed by atoms with van der Waals surface area (Å²) >= 11 is 12.3. The number of nitrogens with one attached hydrogen (secondary N) is 3. The Morgan fingerprint density at radius 2 is 1.55 bits per heavy atom. The second-order valence-corrected chi connectivity index (χ2v) is 10.7. The molecule has 0 spiro atoms. The van der Waals surface area contributed by atoms with Crippen LogP contribution in [0.3, 0.4) is 0 Å². The lowest BCUT2D eigenvalue weighted by atomic mass is 10.0. The molecule has 0 saturated heterocycles. The number of alkyl carbamates (subject to hydrolysis) is 1. The first kappa shape index (κ1) is 36.6. The van der Waals surface area contributed by atoms with Gasteiger partial charge in [0.1, 0.15) is 18.7 Å². The van der Waals surface area contributed by atoms with Gasteiger partial charge in [0.25, 0.3) is 0 Å². The molecule has 0 fully saturated rings. The third-order valence-corrected chi connectivity index (χ3v) is 7.01. The largest absolute Gasteiger partial charge is 0.465 e. The van der Waals surface area contributed by atoms with Crippen LogP contribution in [0.2, 0.25) is 10.0 Å². The van der Waals surface area contributed by atoms with E-state index < -0.39 is 48.9 Å². The molecule has 242 valence electrons. The lowest BCUT2D eigenvalue weighted by molar-refractivity contribution is -0.163. The summed E-state index contributed by atoms with van der Waals surface area (Å²) in [4.78, 5) is 52.9. The monoisotopic (exact) mass is 654 g/mol. The number of hydrogen-bond acceptors (Lipinski definition) is 7. The number of nitrogens with zero attached hydrogens (tertiary/aromatic N) is 1. The maximum atomic E-state index is 14.0. The number of rotatable bonds is 17. The van der Waals surface area contributed by atoms with Gasteiger partial charge in [0.2, 0.25) is 11.8 Å². The van der Waals surface area contributed by atoms with E-state index in [0.717, 1.165) is 0 Å². The summed E-state index contributed by atoms with van der Waals surface area (Å²) in [6.07, 6.45) is -3.05. The van der Waals surface area contributed by atoms with E-state index in [-0.39, 0.29) is 30.6 Å². The van der Waals surface area contributed by atoms with E-state index in [1.165, 1.54) is 4.90 Å². The smallest absolute Gasteiger partial charge is 0.408 e. The Morgan fingerprint density at radius 3 is 2.11 bits per heavy atom. The van der Waals surface area contributed by atoms with Gasteiger partial charge in [-0.25, -0.2) is 9.59 Å². The van der Waals surface area contributed by atoms with Crippen LogP contribution in [0, 0.1) is 0 Å². The molecule has 4 amide bonds. The number of amides is 4. The van der Waals surface area contributed by atoms with Gasteiger partial charge in [-0.05, 0) is 51.0 Å². The predicted molar refractivity (Wildman–Crippen MR) is 166 cm³/mol. The minimum absolute atomic E-state index is 0.0101. The van der Waals surface area contributed by atoms with Crippen molar-refractivity contribution in [3.05, 3.63) is 69.7 Å². The van der Waals surface area contributed by atoms with Gasteiger partial charge in [-0.1, -0.05) is 59.6 Å². The van der Waals surface area contributed by atoms with Gasteiger partial charge in [0, 0.05) is 25.7 Å². The number of carbonyl (C=O) groups is 4. The summed E-state index contributed by atoms with van der Waals surface area (Å²) < 4.78 is 16.5. The van der Waals surface area contributed by atoms with E-state index in [0.29, 0.717) is 29.4 Å². The average Bonchev–Trinajstić information content (AvgIpc) is 2.98. The van der Waals surface area contributed by atoms with Crippen molar-refractivity contribution in [3.63, 3.8) is 0 Å². The molecule has 0 saturated carbocycles. The standard InChI is InChI=1S/C30H40Cl2N4O8/c1-5-42-26(43-6-2)17-36(19(3)4)28(38)24(15-21-12-13-22(31)23(32)14-21)34-27(37)25(16-33-29(39)40)35-30(41)44-18-20-10-8-7-9-11-20/h7-14,19,24-26,33H,5-6,15-18H2,1-4H3,(H,34,37)(H,35,41)(H,39,40). The predicted octanol–water partition coefficient (Wildman–Crippen LogP) is 4.22. The van der Waals surface area contributed by atoms with Crippen molar-refractivity contribution >= 4 is 47.2 Å². The fourth-order valence-corrected chi connectivity index (χ4v) is 4.44. The van der Waals surface area contributed by atoms with Gasteiger partial charge in [-0.15, -0.1) is 0 Å². The minimum Gasteiger partial charge on any atom is -0.465 e. The fourth-order valence-electron chi connectivity index (χ4n) is 4.12. The van der Waals surface area contributed by atoms with Gasteiger partial charge in [-0.3, -0.25) is 9.59 Å². The third-order valence-electron chi connectivity index (χ3n) is 6.27. The molecule has 2 aromatic carbocycles. The maximum Gasteiger partial charge on any atom is 0.408 e. The van der Waals surface area contributed by atoms with Crippen molar-refractivity contribution in [2.75, 3.05) is 26.3 Å². The van der Waals surface area contributed by atoms with Crippen LogP contribution in [0.1, 0.15) is 38.8 Å². The summed E-state index contributed by atoms with van der Waals surface area (Å²) in [6.45, 7) is 7.49. The van der Waals surface area contributed by atoms with Crippen molar-refractivity contribution in [1.29, 1.82) is 0 Å². The van der Waals surface area contributed by atoms with Crippen LogP contribution in [0.5, 0.6) is 0 Å². The fraction of sp³-hybridized carbons (Fsp3) is 0.467. The Labute approximate surface area is 267 Å². The van der Waals surface area contributed by atoms with Crippen LogP contribution in [-0.4, -0.2) is 84.7 Å². The van der Waals surface area contributed by atoms with Crippen LogP contribution in [0.4, 0.5) is 9.59 Å². The van der Waals surface area contributed by atoms with Crippen molar-refractivity contribution in [2.24, 2.45) is 0 Å². The van der Waals surface area contributed by atoms with E-state index in [1.807, 2.05) is 33.8 Å². The van der Waals surface area contributed by atoms with Crippen LogP contribution in [0.25, 0.3) is 0 Å². The molecule has 0 heterocycles. The highest BCUT2D eigenvalue weighted by Crippen LogP contribution is 2.23. The van der Waals surface area contributed by atoms with Crippen LogP contribution in [0.15, 0.2) is 48.5 Å². The first-order chi connectivity index (χ1) is 20.9. The molecule has 0 radical (unpaired) electrons. The van der Waals surface area contributed by atoms with Crippen LogP contribution >= 0.6 is 23.2 Å². The van der Waals surface area contributed by atoms with E-state index in [9.17, 15) is 19.2 Å². The van der Waals surface area contributed by atoms with E-state index >= 15 is 0 Å². The Morgan fingerprint density at radius 1 is 0.886 bits per heavy atom. The Kier molecular flexibility index (Phi) is 15.8. The first-order valence-electron chi connectivity index (χ1n) is 14.2. The zero-order valence-electron chi connectivity index (χ0n) is 25.2. The summed E-state index contributed by atoms with van der Waals surface area (Å²) in [7, 11) is 0. The van der Waals surface area contributed by atoms with Crippen molar-refractivity contribution < 1.29 is 38.5 Å². The van der Waals surface area contributed by atoms with Crippen LogP contribution in [-0.2, 0) is 36.8 Å². The Hall–Kier alpha value is -3.58. The molecule has 2 unspecified atom stereocenters. The molecule has 2 aromatic rings. The molecule has 14 heteroatoms. The molecule has 0 aliphatic carbocycles. The van der Waals surface area contributed by atoms with E-state index in [1.54, 1.807) is 42.5 Å². The van der Waals surface area contributed by atoms with Gasteiger partial charge in [-0.2, -0.15) is 0 Å². The number of carbonyl (C=O) groups excluding carboxylic acids is 3. The van der Waals surface area contributed by atoms with E-state index in [2.05, 4.69) is 16.0 Å². The SMILES string of the molecule is CCOC(CN(C(=O)C(Cc1ccc(Cl)c(Cl)c1)NC(=O)C(CNC(=O)O)NC(=O)OCc1ccccc1)C(C)C)OCC. The van der Waals surface area contributed by atoms with E-state index in [4.69, 9.17) is 42.5 Å². The molecule has 0 aliphatic heterocycles. The number of halogens is 2. The van der Waals surface area contributed by atoms with Gasteiger partial charge >= 0.3 is 12.2 Å². The zero-order chi connectivity index (χ0) is 32.6. The Bertz CT molecular complexity index is 1230. The van der Waals surface area contributed by atoms with Gasteiger partial charge < -0.3 is 40.2 Å². The summed E-state index contributed by atoms with van der Waals surface area (Å²) in [5.74, 6) is -1.27. The lowest BCUT2D eigenvalue weighted by Gasteiger charge is -2.34. The van der Waals surface area contributed by atoms with Crippen LogP contribution < -0.4 is 16.0 Å². The summed E-state index contributed by atoms with van der Waals surface area (Å²) in [5.41, 5.74) is 1.31. The molecule has 0 aliphatic rings. The zero-order valence-corrected chi connectivity index (χ0v) is 26.7.